The average Bonchev–Trinajstić information content (AvgIpc) is 2.49. The summed E-state index contributed by atoms with van der Waals surface area (Å²) in [6.07, 6.45) is 5.67. The van der Waals surface area contributed by atoms with Gasteiger partial charge >= 0.3 is 6.03 Å². The van der Waals surface area contributed by atoms with Gasteiger partial charge in [-0.15, -0.1) is 0 Å². The molecule has 1 aliphatic carbocycles. The second-order valence-corrected chi connectivity index (χ2v) is 5.45. The molecule has 2 rings (SSSR count). The summed E-state index contributed by atoms with van der Waals surface area (Å²) in [5.41, 5.74) is 7.71. The molecular formula is C15H22N4O2. The smallest absolute Gasteiger partial charge is 0.319 e. The third kappa shape index (κ3) is 4.11. The van der Waals surface area contributed by atoms with E-state index in [0.717, 1.165) is 18.4 Å². The molecular weight excluding hydrogens is 268 g/mol. The van der Waals surface area contributed by atoms with Crippen molar-refractivity contribution in [2.45, 2.75) is 45.1 Å². The van der Waals surface area contributed by atoms with Crippen molar-refractivity contribution in [2.75, 3.05) is 5.32 Å². The van der Waals surface area contributed by atoms with Crippen LogP contribution >= 0.6 is 0 Å². The number of amides is 2. The molecule has 0 aliphatic heterocycles. The van der Waals surface area contributed by atoms with Crippen molar-refractivity contribution in [2.24, 2.45) is 10.9 Å². The zero-order chi connectivity index (χ0) is 15.2. The molecule has 0 atom stereocenters. The van der Waals surface area contributed by atoms with Gasteiger partial charge in [-0.1, -0.05) is 36.6 Å². The highest BCUT2D eigenvalue weighted by Gasteiger charge is 2.16. The number of hydrogen-bond acceptors (Lipinski definition) is 3. The Bertz CT molecular complexity index is 536. The molecule has 2 amide bonds. The molecule has 0 unspecified atom stereocenters. The van der Waals surface area contributed by atoms with E-state index >= 15 is 0 Å². The first-order valence-corrected chi connectivity index (χ1v) is 7.26. The number of nitrogens with one attached hydrogen (secondary N) is 2. The fraction of sp³-hybridized carbons (Fsp3) is 0.467. The highest BCUT2D eigenvalue weighted by molar-refractivity contribution is 5.99. The van der Waals surface area contributed by atoms with Crippen LogP contribution < -0.4 is 16.4 Å². The van der Waals surface area contributed by atoms with E-state index in [1.54, 1.807) is 12.1 Å². The van der Waals surface area contributed by atoms with Crippen LogP contribution in [0.3, 0.4) is 0 Å². The van der Waals surface area contributed by atoms with Crippen LogP contribution in [0.1, 0.15) is 43.2 Å². The maximum Gasteiger partial charge on any atom is 0.319 e. The van der Waals surface area contributed by atoms with Gasteiger partial charge in [0, 0.05) is 17.3 Å². The molecule has 0 heterocycles. The fourth-order valence-corrected chi connectivity index (χ4v) is 2.56. The summed E-state index contributed by atoms with van der Waals surface area (Å²) >= 11 is 0. The molecule has 0 saturated heterocycles. The SMILES string of the molecule is Cc1ccc(C(N)=NO)cc1NC(=O)NC1CCCCC1. The van der Waals surface area contributed by atoms with E-state index in [2.05, 4.69) is 15.8 Å². The number of hydrogen-bond donors (Lipinski definition) is 4. The molecule has 6 heteroatoms. The molecule has 114 valence electrons. The summed E-state index contributed by atoms with van der Waals surface area (Å²) in [4.78, 5) is 12.1. The van der Waals surface area contributed by atoms with Gasteiger partial charge in [-0.25, -0.2) is 4.79 Å². The van der Waals surface area contributed by atoms with Crippen molar-refractivity contribution in [1.29, 1.82) is 0 Å². The van der Waals surface area contributed by atoms with Crippen molar-refractivity contribution >= 4 is 17.6 Å². The number of carbonyl (C=O) groups is 1. The molecule has 0 radical (unpaired) electrons. The molecule has 1 aliphatic rings. The van der Waals surface area contributed by atoms with E-state index in [-0.39, 0.29) is 17.9 Å². The third-order valence-electron chi connectivity index (χ3n) is 3.83. The lowest BCUT2D eigenvalue weighted by Crippen LogP contribution is -2.39. The minimum atomic E-state index is -0.207. The van der Waals surface area contributed by atoms with Crippen LogP contribution in [0.2, 0.25) is 0 Å². The van der Waals surface area contributed by atoms with Crippen LogP contribution in [0.15, 0.2) is 23.4 Å². The Morgan fingerprint density at radius 1 is 1.33 bits per heavy atom. The van der Waals surface area contributed by atoms with Crippen LogP contribution in [0.4, 0.5) is 10.5 Å². The molecule has 1 aromatic rings. The Morgan fingerprint density at radius 3 is 2.71 bits per heavy atom. The van der Waals surface area contributed by atoms with Crippen molar-refractivity contribution in [3.05, 3.63) is 29.3 Å². The number of benzene rings is 1. The number of urea groups is 1. The Labute approximate surface area is 124 Å². The first kappa shape index (κ1) is 15.2. The van der Waals surface area contributed by atoms with Gasteiger partial charge < -0.3 is 21.6 Å². The van der Waals surface area contributed by atoms with Crippen LogP contribution in [0.5, 0.6) is 0 Å². The molecule has 0 spiro atoms. The Hall–Kier alpha value is -2.24. The minimum Gasteiger partial charge on any atom is -0.409 e. The van der Waals surface area contributed by atoms with E-state index in [9.17, 15) is 4.79 Å². The van der Waals surface area contributed by atoms with Crippen molar-refractivity contribution < 1.29 is 10.0 Å². The number of amidine groups is 1. The van der Waals surface area contributed by atoms with Crippen LogP contribution in [0, 0.1) is 6.92 Å². The van der Waals surface area contributed by atoms with Crippen LogP contribution in [-0.4, -0.2) is 23.1 Å². The van der Waals surface area contributed by atoms with Crippen molar-refractivity contribution in [3.8, 4) is 0 Å². The Kier molecular flexibility index (Phi) is 5.03. The maximum atomic E-state index is 12.1. The predicted molar refractivity (Wildman–Crippen MR) is 82.7 cm³/mol. The molecule has 1 fully saturated rings. The van der Waals surface area contributed by atoms with Crippen molar-refractivity contribution in [3.63, 3.8) is 0 Å². The lowest BCUT2D eigenvalue weighted by atomic mass is 9.96. The number of nitrogens with two attached hydrogens (primary N) is 1. The van der Waals surface area contributed by atoms with Gasteiger partial charge in [-0.05, 0) is 31.4 Å². The van der Waals surface area contributed by atoms with E-state index < -0.39 is 0 Å². The predicted octanol–water partition coefficient (Wildman–Crippen LogP) is 2.54. The zero-order valence-electron chi connectivity index (χ0n) is 12.2. The summed E-state index contributed by atoms with van der Waals surface area (Å²) in [6, 6.07) is 5.32. The lowest BCUT2D eigenvalue weighted by molar-refractivity contribution is 0.244. The first-order valence-electron chi connectivity index (χ1n) is 7.26. The molecule has 21 heavy (non-hydrogen) atoms. The summed E-state index contributed by atoms with van der Waals surface area (Å²) < 4.78 is 0. The fourth-order valence-electron chi connectivity index (χ4n) is 2.56. The molecule has 6 nitrogen and oxygen atoms in total. The highest BCUT2D eigenvalue weighted by Crippen LogP contribution is 2.19. The largest absolute Gasteiger partial charge is 0.409 e. The van der Waals surface area contributed by atoms with Gasteiger partial charge in [0.2, 0.25) is 0 Å². The molecule has 5 N–H and O–H groups in total. The molecule has 0 bridgehead atoms. The first-order chi connectivity index (χ1) is 10.1. The van der Waals surface area contributed by atoms with E-state index in [1.807, 2.05) is 13.0 Å². The lowest BCUT2D eigenvalue weighted by Gasteiger charge is -2.23. The van der Waals surface area contributed by atoms with Crippen LogP contribution in [0.25, 0.3) is 0 Å². The highest BCUT2D eigenvalue weighted by atomic mass is 16.4. The average molecular weight is 290 g/mol. The number of carbonyl (C=O) groups excluding carboxylic acids is 1. The Morgan fingerprint density at radius 2 is 2.05 bits per heavy atom. The number of anilines is 1. The summed E-state index contributed by atoms with van der Waals surface area (Å²) in [6.45, 7) is 1.90. The second kappa shape index (κ2) is 6.97. The van der Waals surface area contributed by atoms with Gasteiger partial charge in [-0.2, -0.15) is 0 Å². The van der Waals surface area contributed by atoms with Crippen molar-refractivity contribution in [1.82, 2.24) is 5.32 Å². The molecule has 0 aromatic heterocycles. The van der Waals surface area contributed by atoms with Gasteiger partial charge in [0.05, 0.1) is 0 Å². The number of nitrogens with zero attached hydrogens (tertiary/aromatic N) is 1. The monoisotopic (exact) mass is 290 g/mol. The van der Waals surface area contributed by atoms with E-state index in [1.165, 1.54) is 19.3 Å². The van der Waals surface area contributed by atoms with E-state index in [4.69, 9.17) is 10.9 Å². The van der Waals surface area contributed by atoms with Gasteiger partial charge in [0.15, 0.2) is 5.84 Å². The third-order valence-corrected chi connectivity index (χ3v) is 3.83. The maximum absolute atomic E-state index is 12.1. The van der Waals surface area contributed by atoms with Crippen LogP contribution in [-0.2, 0) is 0 Å². The number of oxime groups is 1. The van der Waals surface area contributed by atoms with Gasteiger partial charge in [0.1, 0.15) is 0 Å². The number of rotatable bonds is 3. The molecule has 1 saturated carbocycles. The van der Waals surface area contributed by atoms with Gasteiger partial charge in [-0.3, -0.25) is 0 Å². The summed E-state index contributed by atoms with van der Waals surface area (Å²) in [5, 5.41) is 17.5. The summed E-state index contributed by atoms with van der Waals surface area (Å²) in [7, 11) is 0. The van der Waals surface area contributed by atoms with Gasteiger partial charge in [0.25, 0.3) is 0 Å². The van der Waals surface area contributed by atoms with E-state index in [0.29, 0.717) is 11.3 Å². The Balaban J connectivity index is 2.02. The molecule has 1 aromatic carbocycles. The zero-order valence-corrected chi connectivity index (χ0v) is 12.2. The quantitative estimate of drug-likeness (QED) is 0.298. The standard InChI is InChI=1S/C15H22N4O2/c1-10-7-8-11(14(16)19-21)9-13(10)18-15(20)17-12-5-3-2-4-6-12/h7-9,12,21H,2-6H2,1H3,(H2,16,19)(H2,17,18,20). The minimum absolute atomic E-state index is 0.0192. The second-order valence-electron chi connectivity index (χ2n) is 5.45. The topological polar surface area (TPSA) is 99.7 Å². The number of aryl methyl sites for hydroxylation is 1. The normalized spacial score (nSPS) is 16.5. The summed E-state index contributed by atoms with van der Waals surface area (Å²) in [5.74, 6) is 0.0192.